The molecular formula is C11H11BrN2O2. The molecule has 16 heavy (non-hydrogen) atoms. The molecule has 0 aliphatic rings. The second kappa shape index (κ2) is 5.64. The van der Waals surface area contributed by atoms with Crippen LogP contribution in [0.5, 0.6) is 0 Å². The molecule has 0 saturated carbocycles. The fourth-order valence-corrected chi connectivity index (χ4v) is 1.85. The lowest BCUT2D eigenvalue weighted by atomic mass is 10.0. The monoisotopic (exact) mass is 282 g/mol. The van der Waals surface area contributed by atoms with E-state index in [1.54, 1.807) is 12.1 Å². The standard InChI is InChI=1S/C11H11BrN2O2/c1-16-11(15)4-7-3-10(12)9(6-14)2-8(7)5-13/h2-3H,4,6,14H2,1H3. The number of ether oxygens (including phenoxy) is 1. The summed E-state index contributed by atoms with van der Waals surface area (Å²) < 4.78 is 5.36. The summed E-state index contributed by atoms with van der Waals surface area (Å²) in [5, 5.41) is 8.96. The molecule has 5 heteroatoms. The zero-order valence-electron chi connectivity index (χ0n) is 8.79. The molecule has 4 nitrogen and oxygen atoms in total. The van der Waals surface area contributed by atoms with Gasteiger partial charge in [-0.1, -0.05) is 15.9 Å². The van der Waals surface area contributed by atoms with Crippen LogP contribution in [0.4, 0.5) is 0 Å². The van der Waals surface area contributed by atoms with Crippen LogP contribution in [0, 0.1) is 11.3 Å². The van der Waals surface area contributed by atoms with Gasteiger partial charge in [-0.3, -0.25) is 4.79 Å². The second-order valence-corrected chi connectivity index (χ2v) is 4.02. The highest BCUT2D eigenvalue weighted by Crippen LogP contribution is 2.22. The molecule has 0 saturated heterocycles. The maximum atomic E-state index is 11.1. The molecule has 1 aromatic carbocycles. The van der Waals surface area contributed by atoms with Crippen LogP contribution >= 0.6 is 15.9 Å². The SMILES string of the molecule is COC(=O)Cc1cc(Br)c(CN)cc1C#N. The molecule has 1 rings (SSSR count). The van der Waals surface area contributed by atoms with Gasteiger partial charge in [-0.25, -0.2) is 0 Å². The number of rotatable bonds is 3. The van der Waals surface area contributed by atoms with Crippen molar-refractivity contribution >= 4 is 21.9 Å². The van der Waals surface area contributed by atoms with Crippen LogP contribution in [0.3, 0.4) is 0 Å². The smallest absolute Gasteiger partial charge is 0.310 e. The molecule has 0 aliphatic heterocycles. The minimum atomic E-state index is -0.371. The summed E-state index contributed by atoms with van der Waals surface area (Å²) in [5.41, 5.74) is 7.45. The molecule has 0 unspecified atom stereocenters. The van der Waals surface area contributed by atoms with E-state index < -0.39 is 0 Å². The number of nitriles is 1. The van der Waals surface area contributed by atoms with Gasteiger partial charge >= 0.3 is 5.97 Å². The lowest BCUT2D eigenvalue weighted by Crippen LogP contribution is -2.07. The van der Waals surface area contributed by atoms with Gasteiger partial charge in [0.1, 0.15) is 0 Å². The number of hydrogen-bond donors (Lipinski definition) is 1. The van der Waals surface area contributed by atoms with E-state index in [9.17, 15) is 4.79 Å². The van der Waals surface area contributed by atoms with Crippen molar-refractivity contribution in [2.75, 3.05) is 7.11 Å². The van der Waals surface area contributed by atoms with Gasteiger partial charge in [0, 0.05) is 11.0 Å². The van der Waals surface area contributed by atoms with Gasteiger partial charge in [-0.15, -0.1) is 0 Å². The van der Waals surface area contributed by atoms with Crippen LogP contribution < -0.4 is 5.73 Å². The largest absolute Gasteiger partial charge is 0.469 e. The molecule has 0 heterocycles. The maximum absolute atomic E-state index is 11.1. The van der Waals surface area contributed by atoms with Gasteiger partial charge in [0.2, 0.25) is 0 Å². The van der Waals surface area contributed by atoms with Crippen molar-refractivity contribution in [3.63, 3.8) is 0 Å². The summed E-state index contributed by atoms with van der Waals surface area (Å²) in [4.78, 5) is 11.1. The van der Waals surface area contributed by atoms with Gasteiger partial charge in [-0.05, 0) is 23.3 Å². The molecule has 2 N–H and O–H groups in total. The van der Waals surface area contributed by atoms with Crippen molar-refractivity contribution in [1.29, 1.82) is 5.26 Å². The summed E-state index contributed by atoms with van der Waals surface area (Å²) in [5.74, 6) is -0.371. The average molecular weight is 283 g/mol. The number of carbonyl (C=O) groups is 1. The first-order valence-electron chi connectivity index (χ1n) is 4.60. The predicted molar refractivity (Wildman–Crippen MR) is 62.5 cm³/mol. The van der Waals surface area contributed by atoms with Gasteiger partial charge in [0.15, 0.2) is 0 Å². The first-order valence-corrected chi connectivity index (χ1v) is 5.40. The number of nitrogens with zero attached hydrogens (tertiary/aromatic N) is 1. The van der Waals surface area contributed by atoms with E-state index in [2.05, 4.69) is 20.7 Å². The average Bonchev–Trinajstić information content (AvgIpc) is 2.29. The number of hydrogen-bond acceptors (Lipinski definition) is 4. The third-order valence-corrected chi connectivity index (χ3v) is 2.91. The summed E-state index contributed by atoms with van der Waals surface area (Å²) in [6, 6.07) is 5.46. The second-order valence-electron chi connectivity index (χ2n) is 3.17. The Labute approximate surface area is 102 Å². The van der Waals surface area contributed by atoms with Gasteiger partial charge in [0.25, 0.3) is 0 Å². The Morgan fingerprint density at radius 1 is 1.56 bits per heavy atom. The van der Waals surface area contributed by atoms with Crippen LogP contribution in [0.15, 0.2) is 16.6 Å². The summed E-state index contributed by atoms with van der Waals surface area (Å²) in [6.07, 6.45) is 0.0862. The van der Waals surface area contributed by atoms with Crippen LogP contribution in [0.2, 0.25) is 0 Å². The predicted octanol–water partition coefficient (Wildman–Crippen LogP) is 1.49. The number of nitrogens with two attached hydrogens (primary N) is 1. The molecule has 0 aromatic heterocycles. The minimum absolute atomic E-state index is 0.0862. The van der Waals surface area contributed by atoms with E-state index in [4.69, 9.17) is 11.0 Å². The zero-order valence-corrected chi connectivity index (χ0v) is 10.4. The molecule has 0 atom stereocenters. The summed E-state index contributed by atoms with van der Waals surface area (Å²) >= 11 is 3.34. The summed E-state index contributed by atoms with van der Waals surface area (Å²) in [7, 11) is 1.32. The highest BCUT2D eigenvalue weighted by Gasteiger charge is 2.11. The molecule has 0 aliphatic carbocycles. The van der Waals surface area contributed by atoms with Crippen molar-refractivity contribution in [3.8, 4) is 6.07 Å². The highest BCUT2D eigenvalue weighted by atomic mass is 79.9. The van der Waals surface area contributed by atoms with Crippen LogP contribution in [0.25, 0.3) is 0 Å². The van der Waals surface area contributed by atoms with Crippen molar-refractivity contribution in [3.05, 3.63) is 33.3 Å². The lowest BCUT2D eigenvalue weighted by molar-refractivity contribution is -0.139. The van der Waals surface area contributed by atoms with Crippen molar-refractivity contribution in [1.82, 2.24) is 0 Å². The van der Waals surface area contributed by atoms with Gasteiger partial charge in [-0.2, -0.15) is 5.26 Å². The molecule has 0 bridgehead atoms. The molecule has 84 valence electrons. The van der Waals surface area contributed by atoms with Gasteiger partial charge in [0.05, 0.1) is 25.2 Å². The molecule has 0 radical (unpaired) electrons. The van der Waals surface area contributed by atoms with E-state index in [1.807, 2.05) is 6.07 Å². The topological polar surface area (TPSA) is 76.1 Å². The van der Waals surface area contributed by atoms with Crippen LogP contribution in [0.1, 0.15) is 16.7 Å². The van der Waals surface area contributed by atoms with E-state index in [-0.39, 0.29) is 12.4 Å². The molecule has 0 amide bonds. The number of halogens is 1. The van der Waals surface area contributed by atoms with E-state index in [1.165, 1.54) is 7.11 Å². The fourth-order valence-electron chi connectivity index (χ4n) is 1.29. The first kappa shape index (κ1) is 12.7. The highest BCUT2D eigenvalue weighted by molar-refractivity contribution is 9.10. The Kier molecular flexibility index (Phi) is 4.47. The van der Waals surface area contributed by atoms with E-state index >= 15 is 0 Å². The Hall–Kier alpha value is -1.38. The van der Waals surface area contributed by atoms with Crippen LogP contribution in [-0.4, -0.2) is 13.1 Å². The Bertz CT molecular complexity index is 452. The van der Waals surface area contributed by atoms with E-state index in [0.29, 0.717) is 17.7 Å². The van der Waals surface area contributed by atoms with Gasteiger partial charge < -0.3 is 10.5 Å². The van der Waals surface area contributed by atoms with E-state index in [0.717, 1.165) is 10.0 Å². The third kappa shape index (κ3) is 2.81. The third-order valence-electron chi connectivity index (χ3n) is 2.18. The number of methoxy groups -OCH3 is 1. The molecule has 0 fully saturated rings. The Morgan fingerprint density at radius 3 is 2.75 bits per heavy atom. The Morgan fingerprint density at radius 2 is 2.25 bits per heavy atom. The number of benzene rings is 1. The summed E-state index contributed by atoms with van der Waals surface area (Å²) in [6.45, 7) is 0.341. The Balaban J connectivity index is 3.14. The lowest BCUT2D eigenvalue weighted by Gasteiger charge is -2.07. The fraction of sp³-hybridized carbons (Fsp3) is 0.273. The minimum Gasteiger partial charge on any atom is -0.469 e. The maximum Gasteiger partial charge on any atom is 0.310 e. The van der Waals surface area contributed by atoms with Crippen molar-refractivity contribution < 1.29 is 9.53 Å². The first-order chi connectivity index (χ1) is 7.62. The normalized spacial score (nSPS) is 9.62. The quantitative estimate of drug-likeness (QED) is 0.853. The molecular weight excluding hydrogens is 272 g/mol. The molecule has 0 spiro atoms. The number of carbonyl (C=O) groups excluding carboxylic acids is 1. The zero-order chi connectivity index (χ0) is 12.1. The van der Waals surface area contributed by atoms with Crippen molar-refractivity contribution in [2.24, 2.45) is 5.73 Å². The van der Waals surface area contributed by atoms with Crippen LogP contribution in [-0.2, 0) is 22.5 Å². The molecule has 1 aromatic rings. The van der Waals surface area contributed by atoms with Crippen molar-refractivity contribution in [2.45, 2.75) is 13.0 Å². The number of esters is 1.